The second-order valence-electron chi connectivity index (χ2n) is 10.9. The molecule has 11 heteroatoms. The lowest BCUT2D eigenvalue weighted by Crippen LogP contribution is -2.36. The van der Waals surface area contributed by atoms with Gasteiger partial charge in [-0.3, -0.25) is 0 Å². The molecule has 226 valence electrons. The van der Waals surface area contributed by atoms with Crippen molar-refractivity contribution in [3.63, 3.8) is 0 Å². The first-order chi connectivity index (χ1) is 20.0. The molecule has 2 atom stereocenters. The number of rotatable bonds is 9. The van der Waals surface area contributed by atoms with Gasteiger partial charge in [0.25, 0.3) is 10.0 Å². The molecule has 0 saturated heterocycles. The summed E-state index contributed by atoms with van der Waals surface area (Å²) in [7, 11) is -4.21. The number of hydrogen-bond acceptors (Lipinski definition) is 7. The summed E-state index contributed by atoms with van der Waals surface area (Å²) < 4.78 is 35.5. The maximum atomic E-state index is 13.3. The Morgan fingerprint density at radius 3 is 2.35 bits per heavy atom. The fourth-order valence-corrected chi connectivity index (χ4v) is 6.37. The van der Waals surface area contributed by atoms with Gasteiger partial charge in [0.05, 0.1) is 16.2 Å². The Labute approximate surface area is 258 Å². The number of ether oxygens (including phenoxy) is 1. The van der Waals surface area contributed by atoms with Crippen LogP contribution in [0.3, 0.4) is 0 Å². The van der Waals surface area contributed by atoms with Gasteiger partial charge in [-0.05, 0) is 66.6 Å². The minimum atomic E-state index is -4.21. The topological polar surface area (TPSA) is 131 Å². The lowest BCUT2D eigenvalue weighted by molar-refractivity contribution is 0.0696. The summed E-state index contributed by atoms with van der Waals surface area (Å²) in [4.78, 5) is 20.2. The zero-order valence-corrected chi connectivity index (χ0v) is 26.0. The van der Waals surface area contributed by atoms with Crippen molar-refractivity contribution in [3.05, 3.63) is 101 Å². The van der Waals surface area contributed by atoms with E-state index in [9.17, 15) is 18.3 Å². The van der Waals surface area contributed by atoms with Gasteiger partial charge in [-0.15, -0.1) is 12.4 Å². The number of sulfonamides is 1. The molecule has 43 heavy (non-hydrogen) atoms. The number of carboxylic acid groups (broad SMARTS) is 1. The van der Waals surface area contributed by atoms with E-state index >= 15 is 0 Å². The summed E-state index contributed by atoms with van der Waals surface area (Å²) in [6.45, 7) is 8.87. The third kappa shape index (κ3) is 7.15. The van der Waals surface area contributed by atoms with Crippen molar-refractivity contribution in [3.8, 4) is 17.1 Å². The molecule has 3 N–H and O–H groups in total. The number of benzene rings is 3. The van der Waals surface area contributed by atoms with Gasteiger partial charge in [-0.25, -0.2) is 22.9 Å². The minimum absolute atomic E-state index is 0. The lowest BCUT2D eigenvalue weighted by Gasteiger charge is -2.33. The smallest absolute Gasteiger partial charge is 0.335 e. The molecule has 2 unspecified atom stereocenters. The van der Waals surface area contributed by atoms with Crippen molar-refractivity contribution >= 4 is 34.3 Å². The van der Waals surface area contributed by atoms with E-state index in [1.165, 1.54) is 23.8 Å². The number of aryl methyl sites for hydroxylation is 2. The van der Waals surface area contributed by atoms with E-state index in [4.69, 9.17) is 4.74 Å². The van der Waals surface area contributed by atoms with Gasteiger partial charge >= 0.3 is 5.97 Å². The van der Waals surface area contributed by atoms with Crippen molar-refractivity contribution in [2.45, 2.75) is 51.2 Å². The summed E-state index contributed by atoms with van der Waals surface area (Å²) in [5.41, 5.74) is 5.35. The van der Waals surface area contributed by atoms with E-state index in [1.54, 1.807) is 6.07 Å². The Morgan fingerprint density at radius 1 is 1.00 bits per heavy atom. The highest BCUT2D eigenvalue weighted by Gasteiger charge is 2.29. The second-order valence-corrected chi connectivity index (χ2v) is 12.6. The molecule has 5 rings (SSSR count). The second kappa shape index (κ2) is 13.1. The maximum Gasteiger partial charge on any atom is 0.335 e. The van der Waals surface area contributed by atoms with Crippen molar-refractivity contribution in [1.82, 2.24) is 15.3 Å². The zero-order chi connectivity index (χ0) is 30.0. The van der Waals surface area contributed by atoms with Gasteiger partial charge in [0.15, 0.2) is 0 Å². The number of nitrogens with zero attached hydrogens (tertiary/aromatic N) is 2. The van der Waals surface area contributed by atoms with Crippen molar-refractivity contribution < 1.29 is 23.1 Å². The number of nitrogens with one attached hydrogen (secondary N) is 2. The van der Waals surface area contributed by atoms with E-state index in [0.717, 1.165) is 34.7 Å². The van der Waals surface area contributed by atoms with Crippen LogP contribution in [0.2, 0.25) is 0 Å². The van der Waals surface area contributed by atoms with Crippen molar-refractivity contribution in [1.29, 1.82) is 0 Å². The Kier molecular flexibility index (Phi) is 9.74. The van der Waals surface area contributed by atoms with Crippen LogP contribution in [-0.4, -0.2) is 36.0 Å². The van der Waals surface area contributed by atoms with Crippen LogP contribution in [0.4, 0.5) is 5.95 Å². The quantitative estimate of drug-likeness (QED) is 0.193. The number of aromatic nitrogens is 2. The van der Waals surface area contributed by atoms with Crippen molar-refractivity contribution in [2.24, 2.45) is 5.92 Å². The first-order valence-electron chi connectivity index (χ1n) is 13.8. The Morgan fingerprint density at radius 2 is 1.67 bits per heavy atom. The summed E-state index contributed by atoms with van der Waals surface area (Å²) in [5, 5.41) is 12.9. The Hall–Kier alpha value is -3.99. The first-order valence-corrected chi connectivity index (χ1v) is 15.3. The third-order valence-corrected chi connectivity index (χ3v) is 8.62. The number of anilines is 1. The molecule has 0 saturated carbocycles. The highest BCUT2D eigenvalue weighted by atomic mass is 35.5. The molecule has 0 amide bonds. The van der Waals surface area contributed by atoms with E-state index in [-0.39, 0.29) is 46.8 Å². The van der Waals surface area contributed by atoms with Crippen LogP contribution in [0.15, 0.2) is 77.7 Å². The summed E-state index contributed by atoms with van der Waals surface area (Å²) >= 11 is 0. The number of hydrogen-bond donors (Lipinski definition) is 3. The summed E-state index contributed by atoms with van der Waals surface area (Å²) in [6.07, 6.45) is 0.630. The number of halogens is 1. The molecular formula is C32H35ClN4O5S. The van der Waals surface area contributed by atoms with Crippen LogP contribution in [0.25, 0.3) is 11.3 Å². The molecule has 4 aromatic rings. The SMILES string of the molecule is Cc1cccc(C)c1-c1cc(OC2CNC(CC(C)C)c3ccccc32)nc(NS(=O)(=O)c2cccc(C(=O)O)c2)n1.Cl. The fraction of sp³-hybridized carbons (Fsp3) is 0.281. The molecule has 0 radical (unpaired) electrons. The zero-order valence-electron chi connectivity index (χ0n) is 24.4. The summed E-state index contributed by atoms with van der Waals surface area (Å²) in [5.74, 6) is -0.682. The van der Waals surface area contributed by atoms with Crippen LogP contribution in [0.1, 0.15) is 65.0 Å². The van der Waals surface area contributed by atoms with Gasteiger partial charge < -0.3 is 15.2 Å². The number of carboxylic acids is 1. The van der Waals surface area contributed by atoms with Crippen LogP contribution in [0, 0.1) is 19.8 Å². The number of carbonyl (C=O) groups is 1. The van der Waals surface area contributed by atoms with Gasteiger partial charge in [-0.2, -0.15) is 4.98 Å². The van der Waals surface area contributed by atoms with Crippen LogP contribution < -0.4 is 14.8 Å². The highest BCUT2D eigenvalue weighted by Crippen LogP contribution is 2.36. The van der Waals surface area contributed by atoms with Crippen LogP contribution >= 0.6 is 12.4 Å². The predicted molar refractivity (Wildman–Crippen MR) is 168 cm³/mol. The molecule has 0 spiro atoms. The standard InChI is InChI=1S/C32H34N4O5S.ClH/c1-19(2)15-26-24-13-5-6-14-25(24)28(18-33-26)41-29-17-27(30-20(3)9-7-10-21(30)4)34-32(35-29)36-42(39,40)23-12-8-11-22(16-23)31(37)38;/h5-14,16-17,19,26,28,33H,15,18H2,1-4H3,(H,37,38)(H,34,35,36);1H. The highest BCUT2D eigenvalue weighted by molar-refractivity contribution is 7.92. The van der Waals surface area contributed by atoms with Gasteiger partial charge in [0.1, 0.15) is 6.10 Å². The molecule has 0 bridgehead atoms. The monoisotopic (exact) mass is 622 g/mol. The Bertz CT molecular complexity index is 1730. The summed E-state index contributed by atoms with van der Waals surface area (Å²) in [6, 6.07) is 21.1. The Balaban J connectivity index is 0.00000423. The normalized spacial score (nSPS) is 16.2. The molecule has 1 aliphatic heterocycles. The molecule has 1 aromatic heterocycles. The molecule has 1 aliphatic rings. The number of aromatic carboxylic acids is 1. The average molecular weight is 623 g/mol. The first kappa shape index (κ1) is 31.9. The molecule has 0 fully saturated rings. The largest absolute Gasteiger partial charge is 0.478 e. The van der Waals surface area contributed by atoms with E-state index in [0.29, 0.717) is 18.2 Å². The maximum absolute atomic E-state index is 13.3. The van der Waals surface area contributed by atoms with Crippen molar-refractivity contribution in [2.75, 3.05) is 11.3 Å². The van der Waals surface area contributed by atoms with E-state index in [1.807, 2.05) is 44.2 Å². The molecule has 3 aromatic carbocycles. The van der Waals surface area contributed by atoms with Crippen LogP contribution in [-0.2, 0) is 10.0 Å². The van der Waals surface area contributed by atoms with Gasteiger partial charge in [0.2, 0.25) is 11.8 Å². The molecule has 2 heterocycles. The van der Waals surface area contributed by atoms with Gasteiger partial charge in [-0.1, -0.05) is 62.4 Å². The molecule has 0 aliphatic carbocycles. The third-order valence-electron chi connectivity index (χ3n) is 7.29. The molecule has 9 nitrogen and oxygen atoms in total. The predicted octanol–water partition coefficient (Wildman–Crippen LogP) is 6.49. The molecular weight excluding hydrogens is 588 g/mol. The van der Waals surface area contributed by atoms with E-state index < -0.39 is 16.0 Å². The number of fused-ring (bicyclic) bond motifs is 1. The fourth-order valence-electron chi connectivity index (χ4n) is 5.38. The van der Waals surface area contributed by atoms with E-state index in [2.05, 4.69) is 46.0 Å². The minimum Gasteiger partial charge on any atom is -0.478 e. The lowest BCUT2D eigenvalue weighted by atomic mass is 9.88. The van der Waals surface area contributed by atoms with Crippen LogP contribution in [0.5, 0.6) is 5.88 Å². The average Bonchev–Trinajstić information content (AvgIpc) is 2.94. The van der Waals surface area contributed by atoms with Gasteiger partial charge in [0, 0.05) is 24.2 Å².